The lowest BCUT2D eigenvalue weighted by atomic mass is 9.88. The first kappa shape index (κ1) is 71.7. The van der Waals surface area contributed by atoms with E-state index in [0.717, 1.165) is 17.0 Å². The molecule has 6 aliphatic rings. The van der Waals surface area contributed by atoms with Crippen LogP contribution in [0.3, 0.4) is 0 Å². The van der Waals surface area contributed by atoms with Crippen molar-refractivity contribution in [2.45, 2.75) is 172 Å². The second-order valence-corrected chi connectivity index (χ2v) is 23.0. The molecule has 93 heavy (non-hydrogen) atoms. The number of hydrogen-bond acceptors (Lipinski definition) is 27. The lowest BCUT2D eigenvalue weighted by molar-refractivity contribution is -0.352. The average molecular weight is 1330 g/mol. The maximum absolute atomic E-state index is 15.2. The van der Waals surface area contributed by atoms with Gasteiger partial charge in [-0.2, -0.15) is 0 Å². The van der Waals surface area contributed by atoms with E-state index in [1.165, 1.54) is 36.4 Å². The first-order chi connectivity index (χ1) is 44.2. The van der Waals surface area contributed by atoms with Crippen LogP contribution in [0.4, 0.5) is 4.39 Å². The molecular formula is C55H79FN12O25. The number of hydrogen-bond donors (Lipinski definition) is 25. The van der Waals surface area contributed by atoms with Crippen molar-refractivity contribution in [3.05, 3.63) is 65.5 Å². The summed E-state index contributed by atoms with van der Waals surface area (Å²) in [5.41, 5.74) is 0.332. The molecule has 6 amide bonds. The predicted molar refractivity (Wildman–Crippen MR) is 306 cm³/mol. The van der Waals surface area contributed by atoms with Gasteiger partial charge >= 0.3 is 0 Å². The number of benzene rings is 2. The summed E-state index contributed by atoms with van der Waals surface area (Å²) in [6.45, 7) is -4.05. The molecule has 8 rings (SSSR count). The molecule has 6 saturated heterocycles. The zero-order valence-corrected chi connectivity index (χ0v) is 49.5. The maximum atomic E-state index is 15.2. The first-order valence-electron chi connectivity index (χ1n) is 29.6. The van der Waals surface area contributed by atoms with E-state index in [4.69, 9.17) is 34.5 Å². The number of amides is 6. The molecule has 2 aromatic rings. The highest BCUT2D eigenvalue weighted by molar-refractivity contribution is 5.98. The molecule has 6 heterocycles. The van der Waals surface area contributed by atoms with Crippen molar-refractivity contribution in [3.63, 3.8) is 0 Å². The molecular weight excluding hydrogens is 1250 g/mol. The Labute approximate surface area is 527 Å². The fourth-order valence-electron chi connectivity index (χ4n) is 11.7. The van der Waals surface area contributed by atoms with Crippen LogP contribution >= 0.6 is 0 Å². The Morgan fingerprint density at radius 2 is 1.18 bits per heavy atom. The third-order valence-corrected chi connectivity index (χ3v) is 16.9. The average Bonchev–Trinajstić information content (AvgIpc) is 1.78. The lowest BCUT2D eigenvalue weighted by Gasteiger charge is -2.46. The van der Waals surface area contributed by atoms with Gasteiger partial charge in [0.25, 0.3) is 0 Å². The van der Waals surface area contributed by atoms with E-state index >= 15 is 9.59 Å². The fourth-order valence-corrected chi connectivity index (χ4v) is 11.7. The minimum atomic E-state index is -2.39. The number of guanidine groups is 2. The van der Waals surface area contributed by atoms with E-state index < -0.39 is 246 Å². The number of ether oxygens (including phenoxy) is 5. The highest BCUT2D eigenvalue weighted by Gasteiger charge is 2.54. The number of halogens is 1. The van der Waals surface area contributed by atoms with Crippen LogP contribution in [0.25, 0.3) is 0 Å². The van der Waals surface area contributed by atoms with Crippen molar-refractivity contribution in [3.8, 4) is 5.75 Å². The van der Waals surface area contributed by atoms with Crippen molar-refractivity contribution in [1.29, 1.82) is 10.8 Å². The molecule has 0 aromatic heterocycles. The van der Waals surface area contributed by atoms with Crippen LogP contribution < -0.4 is 52.6 Å². The van der Waals surface area contributed by atoms with Gasteiger partial charge in [-0.3, -0.25) is 39.6 Å². The molecule has 2 aromatic carbocycles. The van der Waals surface area contributed by atoms with Crippen molar-refractivity contribution in [2.24, 2.45) is 0 Å². The largest absolute Gasteiger partial charge is 0.462 e. The maximum Gasteiger partial charge on any atom is 0.246 e. The molecule has 0 aliphatic carbocycles. The van der Waals surface area contributed by atoms with Gasteiger partial charge in [0.05, 0.1) is 45.1 Å². The Bertz CT molecular complexity index is 2970. The monoisotopic (exact) mass is 1330 g/mol. The highest BCUT2D eigenvalue weighted by atomic mass is 19.1. The van der Waals surface area contributed by atoms with E-state index in [-0.39, 0.29) is 35.8 Å². The minimum absolute atomic E-state index is 0.00373. The number of nitrogens with zero attached hydrogens (tertiary/aromatic N) is 1. The summed E-state index contributed by atoms with van der Waals surface area (Å²) in [7, 11) is 0. The Hall–Kier alpha value is -7.19. The first-order valence-corrected chi connectivity index (χ1v) is 29.6. The van der Waals surface area contributed by atoms with Gasteiger partial charge in [-0.1, -0.05) is 31.2 Å². The topological polar surface area (TPSA) is 591 Å². The van der Waals surface area contributed by atoms with Gasteiger partial charge in [0.2, 0.25) is 41.7 Å². The van der Waals surface area contributed by atoms with Crippen LogP contribution in [0.15, 0.2) is 48.5 Å². The zero-order chi connectivity index (χ0) is 67.9. The van der Waals surface area contributed by atoms with E-state index in [1.807, 2.05) is 0 Å². The Morgan fingerprint density at radius 3 is 1.81 bits per heavy atom. The number of nitrogens with one attached hydrogen (secondary N) is 11. The molecule has 0 bridgehead atoms. The molecule has 6 fully saturated rings. The Morgan fingerprint density at radius 1 is 0.591 bits per heavy atom. The second kappa shape index (κ2) is 31.4. The van der Waals surface area contributed by atoms with Crippen molar-refractivity contribution in [2.75, 3.05) is 46.1 Å². The summed E-state index contributed by atoms with van der Waals surface area (Å²) in [5.74, 6) is -10.7. The van der Waals surface area contributed by atoms with Crippen LogP contribution in [0.2, 0.25) is 0 Å². The molecule has 0 saturated carbocycles. The van der Waals surface area contributed by atoms with Crippen LogP contribution in [-0.2, 0) is 54.1 Å². The second-order valence-electron chi connectivity index (χ2n) is 23.0. The lowest BCUT2D eigenvalue weighted by Crippen LogP contribution is -2.69. The van der Waals surface area contributed by atoms with Crippen molar-refractivity contribution < 1.29 is 128 Å². The Kier molecular flexibility index (Phi) is 24.2. The van der Waals surface area contributed by atoms with Crippen LogP contribution in [0.1, 0.15) is 30.4 Å². The van der Waals surface area contributed by atoms with Gasteiger partial charge in [0.1, 0.15) is 127 Å². The summed E-state index contributed by atoms with van der Waals surface area (Å²) < 4.78 is 43.1. The molecule has 0 spiro atoms. The number of aliphatic hydroxyl groups excluding tert-OH is 14. The summed E-state index contributed by atoms with van der Waals surface area (Å²) in [4.78, 5) is 88.3. The van der Waals surface area contributed by atoms with E-state index in [9.17, 15) is 95.1 Å². The summed E-state index contributed by atoms with van der Waals surface area (Å²) in [6, 6.07) is -3.10. The van der Waals surface area contributed by atoms with E-state index in [0.29, 0.717) is 0 Å². The van der Waals surface area contributed by atoms with Gasteiger partial charge < -0.3 is 148 Å². The summed E-state index contributed by atoms with van der Waals surface area (Å²) in [5, 5.41) is 189. The molecule has 25 N–H and O–H groups in total. The molecule has 25 unspecified atom stereocenters. The zero-order valence-electron chi connectivity index (χ0n) is 49.5. The SMILES string of the molecule is CCC(c1cccc(F)c1)C1NC(=O)CNC(=O)C(CO)NC(=O)C(C(O)C2CNC(=N)N2C2OC(CO)C(O)C(O)C2O)NC(=O)C(C(O)C2CNC(=N)N2)NC(=O)C(Cc2ccc(OC3OC(CO)C(OC4OC(CO)C(O)C(O)C4O)C(O)C3O)cc2)NC1=O. The van der Waals surface area contributed by atoms with Crippen LogP contribution in [-0.4, -0.2) is 316 Å². The molecule has 0 radical (unpaired) electrons. The number of carbonyl (C=O) groups excluding carboxylic acids is 6. The van der Waals surface area contributed by atoms with Gasteiger partial charge in [-0.05, 0) is 41.8 Å². The van der Waals surface area contributed by atoms with Gasteiger partial charge in [0.15, 0.2) is 24.4 Å². The van der Waals surface area contributed by atoms with Gasteiger partial charge in [-0.15, -0.1) is 0 Å². The third kappa shape index (κ3) is 16.1. The molecule has 6 aliphatic heterocycles. The van der Waals surface area contributed by atoms with Crippen molar-refractivity contribution >= 4 is 47.4 Å². The number of aliphatic hydroxyl groups is 14. The van der Waals surface area contributed by atoms with Gasteiger partial charge in [0, 0.05) is 25.4 Å². The predicted octanol–water partition coefficient (Wildman–Crippen LogP) is -12.7. The van der Waals surface area contributed by atoms with Gasteiger partial charge in [-0.25, -0.2) is 4.39 Å². The minimum Gasteiger partial charge on any atom is -0.462 e. The third-order valence-electron chi connectivity index (χ3n) is 16.9. The summed E-state index contributed by atoms with van der Waals surface area (Å²) in [6.07, 6.45) is -32.2. The summed E-state index contributed by atoms with van der Waals surface area (Å²) >= 11 is 0. The normalized spacial score (nSPS) is 37.0. The van der Waals surface area contributed by atoms with E-state index in [1.54, 1.807) is 6.92 Å². The molecule has 38 heteroatoms. The molecule has 37 nitrogen and oxygen atoms in total. The fraction of sp³-hybridized carbons (Fsp3) is 0.636. The molecule has 25 atom stereocenters. The highest BCUT2D eigenvalue weighted by Crippen LogP contribution is 2.33. The number of rotatable bonds is 18. The van der Waals surface area contributed by atoms with Crippen LogP contribution in [0.5, 0.6) is 5.75 Å². The van der Waals surface area contributed by atoms with Crippen LogP contribution in [0, 0.1) is 16.6 Å². The number of carbonyl (C=O) groups is 6. The van der Waals surface area contributed by atoms with Crippen molar-refractivity contribution in [1.82, 2.24) is 52.8 Å². The van der Waals surface area contributed by atoms with E-state index in [2.05, 4.69) is 47.9 Å². The Balaban J connectivity index is 1.13. The quantitative estimate of drug-likeness (QED) is 0.0659. The standard InChI is InChI=1S/C55H79FN12O25/c1-2-23(20-4-3-5-21(56)11-20)32-48(86)62-24(10-19-6-8-22(9-7-19)89-52-44(83)41(80)45(30(18-72)92-52)93-53-43(82)40(79)38(77)29(17-71)91-53)47(85)66-33(35(74)25-12-60-54(57)64-25)50(88)67-34(49(87)63-26(15-69)46(84)59-14-31(73)65-32)36(75)27-13-61-55(58)68(27)51-42(81)39(78)37(76)28(16-70)90-51/h3-9,11,23-30,32-45,51-53,69-72,74-83H,2,10,12-18H2,1H3,(H2,58,61)(H,59,84)(H,62,86)(H,63,87)(H,65,73)(H,66,85)(H,67,88)(H3,57,60,64). The molecule has 516 valence electrons. The smallest absolute Gasteiger partial charge is 0.246 e.